The van der Waals surface area contributed by atoms with Gasteiger partial charge in [-0.15, -0.1) is 0 Å². The lowest BCUT2D eigenvalue weighted by Crippen LogP contribution is -2.17. The zero-order valence-electron chi connectivity index (χ0n) is 18.5. The number of nitrogens with two attached hydrogens (primary N) is 1. The molecule has 1 aromatic carbocycles. The van der Waals surface area contributed by atoms with Crippen LogP contribution in [-0.4, -0.2) is 38.6 Å². The Kier molecular flexibility index (Phi) is 11.1. The van der Waals surface area contributed by atoms with Crippen molar-refractivity contribution in [3.8, 4) is 0 Å². The van der Waals surface area contributed by atoms with Crippen LogP contribution in [0.2, 0.25) is 0 Å². The van der Waals surface area contributed by atoms with E-state index >= 15 is 0 Å². The topological polar surface area (TPSA) is 71.7 Å². The predicted molar refractivity (Wildman–Crippen MR) is 131 cm³/mol. The largest absolute Gasteiger partial charge is 0.390 e. The molecule has 0 fully saturated rings. The molecule has 1 aliphatic carbocycles. The zero-order chi connectivity index (χ0) is 22.5. The minimum Gasteiger partial charge on any atom is -0.390 e. The number of halogens is 1. The number of rotatable bonds is 8. The van der Waals surface area contributed by atoms with Crippen molar-refractivity contribution in [2.45, 2.75) is 25.8 Å². The van der Waals surface area contributed by atoms with Crippen LogP contribution in [0.1, 0.15) is 25.8 Å². The molecule has 0 radical (unpaired) electrons. The average molecular weight is 445 g/mol. The highest BCUT2D eigenvalue weighted by Crippen LogP contribution is 2.38. The Morgan fingerprint density at radius 1 is 1.35 bits per heavy atom. The summed E-state index contributed by atoms with van der Waals surface area (Å²) in [6.45, 7) is 7.02. The molecular weight excluding hydrogens is 411 g/mol. The summed E-state index contributed by atoms with van der Waals surface area (Å²) in [5, 5.41) is 6.30. The highest BCUT2D eigenvalue weighted by molar-refractivity contribution is 8.03. The van der Waals surface area contributed by atoms with Gasteiger partial charge in [0.05, 0.1) is 12.9 Å². The van der Waals surface area contributed by atoms with Crippen molar-refractivity contribution >= 4 is 23.7 Å². The second kappa shape index (κ2) is 13.9. The Labute approximate surface area is 189 Å². The Morgan fingerprint density at radius 2 is 2.13 bits per heavy atom. The fourth-order valence-corrected chi connectivity index (χ4v) is 4.11. The molecule has 1 aliphatic heterocycles. The maximum absolute atomic E-state index is 14.5. The summed E-state index contributed by atoms with van der Waals surface area (Å²) in [5.74, 6) is 0.0346. The standard InChI is InChI=1S/C19H20FN3S.C5H13NO/c1-13(18-11-22-19(24-18)23-12-21)14-7-9-16(17(20)10-8-14)15-5-3-2-4-6-15;1-3-6-4-5-7-2/h2-7,9-13,19,22H,8H2,1H3,(H2,21,23);6H,3-5H2,1-2H3. The number of ether oxygens (including phenoxy) is 1. The predicted octanol–water partition coefficient (Wildman–Crippen LogP) is 4.58. The van der Waals surface area contributed by atoms with Gasteiger partial charge in [0, 0.05) is 36.3 Å². The maximum atomic E-state index is 14.5. The van der Waals surface area contributed by atoms with Gasteiger partial charge in [0.25, 0.3) is 0 Å². The molecule has 7 heteroatoms. The maximum Gasteiger partial charge on any atom is 0.172 e. The van der Waals surface area contributed by atoms with Crippen molar-refractivity contribution in [1.29, 1.82) is 0 Å². The van der Waals surface area contributed by atoms with E-state index in [0.29, 0.717) is 12.0 Å². The van der Waals surface area contributed by atoms with Crippen molar-refractivity contribution in [2.75, 3.05) is 26.8 Å². The fourth-order valence-electron chi connectivity index (χ4n) is 3.09. The lowest BCUT2D eigenvalue weighted by Gasteiger charge is -2.15. The molecule has 31 heavy (non-hydrogen) atoms. The lowest BCUT2D eigenvalue weighted by molar-refractivity contribution is 0.200. The number of benzene rings is 1. The van der Waals surface area contributed by atoms with Crippen molar-refractivity contribution < 1.29 is 9.13 Å². The third-order valence-electron chi connectivity index (χ3n) is 4.88. The van der Waals surface area contributed by atoms with Crippen LogP contribution in [0.25, 0.3) is 5.57 Å². The third kappa shape index (κ3) is 8.01. The first-order valence-electron chi connectivity index (χ1n) is 10.5. The Bertz CT molecular complexity index is 829. The summed E-state index contributed by atoms with van der Waals surface area (Å²) in [6, 6.07) is 9.63. The summed E-state index contributed by atoms with van der Waals surface area (Å²) >= 11 is 1.64. The molecule has 1 heterocycles. The lowest BCUT2D eigenvalue weighted by atomic mass is 9.97. The minimum atomic E-state index is -0.170. The molecule has 4 N–H and O–H groups in total. The van der Waals surface area contributed by atoms with E-state index < -0.39 is 0 Å². The van der Waals surface area contributed by atoms with Crippen molar-refractivity contribution in [1.82, 2.24) is 10.6 Å². The highest BCUT2D eigenvalue weighted by Gasteiger charge is 2.23. The van der Waals surface area contributed by atoms with Gasteiger partial charge >= 0.3 is 0 Å². The normalized spacial score (nSPS) is 19.3. The molecule has 168 valence electrons. The fraction of sp³-hybridized carbons (Fsp3) is 0.375. The van der Waals surface area contributed by atoms with Gasteiger partial charge < -0.3 is 21.1 Å². The first kappa shape index (κ1) is 24.9. The summed E-state index contributed by atoms with van der Waals surface area (Å²) < 4.78 is 19.2. The molecule has 0 saturated carbocycles. The molecule has 1 aromatic rings. The second-order valence-electron chi connectivity index (χ2n) is 6.99. The smallest absolute Gasteiger partial charge is 0.172 e. The molecule has 0 aromatic heterocycles. The molecule has 5 nitrogen and oxygen atoms in total. The van der Waals surface area contributed by atoms with Gasteiger partial charge in [-0.2, -0.15) is 0 Å². The Hall–Kier alpha value is -2.35. The summed E-state index contributed by atoms with van der Waals surface area (Å²) in [6.07, 6.45) is 9.46. The number of hydrogen-bond donors (Lipinski definition) is 3. The van der Waals surface area contributed by atoms with Crippen molar-refractivity contribution in [3.05, 3.63) is 76.6 Å². The number of thioether (sulfide) groups is 1. The number of allylic oxidation sites excluding steroid dienone is 7. The van der Waals surface area contributed by atoms with E-state index in [1.54, 1.807) is 24.9 Å². The second-order valence-corrected chi connectivity index (χ2v) is 8.15. The molecule has 2 atom stereocenters. The molecule has 2 aliphatic rings. The molecular formula is C24H33FN4OS. The van der Waals surface area contributed by atoms with Crippen LogP contribution in [0.4, 0.5) is 4.39 Å². The van der Waals surface area contributed by atoms with E-state index in [1.807, 2.05) is 48.7 Å². The number of likely N-dealkylation sites (N-methyl/N-ethyl adjacent to an activating group) is 1. The average Bonchev–Trinajstić information content (AvgIpc) is 3.17. The van der Waals surface area contributed by atoms with Gasteiger partial charge in [-0.25, -0.2) is 9.38 Å². The van der Waals surface area contributed by atoms with E-state index in [4.69, 9.17) is 10.5 Å². The monoisotopic (exact) mass is 444 g/mol. The van der Waals surface area contributed by atoms with Crippen molar-refractivity contribution in [2.24, 2.45) is 16.6 Å². The molecule has 3 rings (SSSR count). The summed E-state index contributed by atoms with van der Waals surface area (Å²) in [5.41, 5.74) is 7.98. The zero-order valence-corrected chi connectivity index (χ0v) is 19.3. The molecule has 0 saturated heterocycles. The van der Waals surface area contributed by atoms with E-state index in [0.717, 1.165) is 25.3 Å². The molecule has 0 spiro atoms. The van der Waals surface area contributed by atoms with Gasteiger partial charge in [0.1, 0.15) is 5.83 Å². The van der Waals surface area contributed by atoms with Gasteiger partial charge in [-0.3, -0.25) is 0 Å². The number of hydrogen-bond acceptors (Lipinski definition) is 5. The van der Waals surface area contributed by atoms with Gasteiger partial charge in [-0.1, -0.05) is 73.7 Å². The van der Waals surface area contributed by atoms with Crippen LogP contribution in [0.3, 0.4) is 0 Å². The Morgan fingerprint density at radius 3 is 2.81 bits per heavy atom. The number of nitrogens with one attached hydrogen (secondary N) is 2. The number of methoxy groups -OCH3 is 1. The van der Waals surface area contributed by atoms with Crippen LogP contribution in [-0.2, 0) is 4.74 Å². The molecule has 2 unspecified atom stereocenters. The van der Waals surface area contributed by atoms with Gasteiger partial charge in [0.2, 0.25) is 0 Å². The summed E-state index contributed by atoms with van der Waals surface area (Å²) in [4.78, 5) is 5.32. The quantitative estimate of drug-likeness (QED) is 0.311. The van der Waals surface area contributed by atoms with Gasteiger partial charge in [0.15, 0.2) is 5.50 Å². The van der Waals surface area contributed by atoms with Gasteiger partial charge in [-0.05, 0) is 24.6 Å². The number of nitrogens with zero attached hydrogens (tertiary/aromatic N) is 1. The number of aliphatic imine (C=N–C) groups is 1. The highest BCUT2D eigenvalue weighted by atomic mass is 32.2. The van der Waals surface area contributed by atoms with E-state index in [2.05, 4.69) is 29.5 Å². The van der Waals surface area contributed by atoms with E-state index in [9.17, 15) is 4.39 Å². The summed E-state index contributed by atoms with van der Waals surface area (Å²) in [7, 11) is 1.71. The molecule has 0 bridgehead atoms. The minimum absolute atomic E-state index is 0.0680. The van der Waals surface area contributed by atoms with Crippen LogP contribution in [0.15, 0.2) is 76.1 Å². The Balaban J connectivity index is 0.000000423. The van der Waals surface area contributed by atoms with Crippen LogP contribution < -0.4 is 16.4 Å². The third-order valence-corrected chi connectivity index (χ3v) is 6.10. The SMILES string of the molecule is CC(C1=CC=C(c2ccccc2)C(F)=CC1)C1=CNC(N=CN)S1.CCNCCOC. The van der Waals surface area contributed by atoms with Crippen molar-refractivity contribution in [3.63, 3.8) is 0 Å². The van der Waals surface area contributed by atoms with E-state index in [-0.39, 0.29) is 17.2 Å². The molecule has 0 amide bonds. The van der Waals surface area contributed by atoms with Crippen LogP contribution in [0, 0.1) is 5.92 Å². The van der Waals surface area contributed by atoms with Crippen LogP contribution in [0.5, 0.6) is 0 Å². The van der Waals surface area contributed by atoms with Crippen LogP contribution >= 0.6 is 11.8 Å². The first-order valence-corrected chi connectivity index (χ1v) is 11.4. The van der Waals surface area contributed by atoms with E-state index in [1.165, 1.54) is 16.8 Å². The first-order chi connectivity index (χ1) is 15.1.